The first-order chi connectivity index (χ1) is 1.91. The maximum absolute atomic E-state index is 5.05. The maximum atomic E-state index is 5.05. The average Bonchev–Trinajstić information content (AvgIpc) is 1.37. The summed E-state index contributed by atoms with van der Waals surface area (Å²) in [5.74, 6) is 1.11. The average molecular weight is 125 g/mol. The SMILES string of the molecule is ClCCCl.[MgH2]. The molecule has 0 saturated heterocycles. The van der Waals surface area contributed by atoms with Gasteiger partial charge in [-0.2, -0.15) is 0 Å². The van der Waals surface area contributed by atoms with Crippen LogP contribution >= 0.6 is 23.2 Å². The lowest BCUT2D eigenvalue weighted by Crippen LogP contribution is -1.63. The number of hydrogen-bond acceptors (Lipinski definition) is 0. The minimum Gasteiger partial charge on any atom is -0.125 e. The highest BCUT2D eigenvalue weighted by Crippen LogP contribution is 1.75. The van der Waals surface area contributed by atoms with Crippen molar-refractivity contribution < 1.29 is 0 Å². The van der Waals surface area contributed by atoms with E-state index in [9.17, 15) is 0 Å². The van der Waals surface area contributed by atoms with Crippen molar-refractivity contribution in [3.63, 3.8) is 0 Å². The topological polar surface area (TPSA) is 0 Å². The third kappa shape index (κ3) is 10.9. The van der Waals surface area contributed by atoms with Gasteiger partial charge in [0.25, 0.3) is 0 Å². The second-order valence-electron chi connectivity index (χ2n) is 0.378. The van der Waals surface area contributed by atoms with Crippen LogP contribution in [0.3, 0.4) is 0 Å². The number of rotatable bonds is 1. The van der Waals surface area contributed by atoms with Crippen LogP contribution in [0, 0.1) is 0 Å². The molecule has 0 N–H and O–H groups in total. The lowest BCUT2D eigenvalue weighted by atomic mass is 11.0. The molecule has 0 aliphatic rings. The van der Waals surface area contributed by atoms with Gasteiger partial charge in [-0.3, -0.25) is 0 Å². The van der Waals surface area contributed by atoms with Gasteiger partial charge in [0, 0.05) is 11.8 Å². The summed E-state index contributed by atoms with van der Waals surface area (Å²) in [6.07, 6.45) is 0. The van der Waals surface area contributed by atoms with Crippen LogP contribution in [0.1, 0.15) is 0 Å². The summed E-state index contributed by atoms with van der Waals surface area (Å²) < 4.78 is 0. The first kappa shape index (κ1) is 9.60. The summed E-state index contributed by atoms with van der Waals surface area (Å²) >= 11 is 10.1. The molecule has 0 rings (SSSR count). The maximum Gasteiger partial charge on any atom is 0.316 e. The molecule has 0 amide bonds. The molecule has 0 unspecified atom stereocenters. The normalized spacial score (nSPS) is 6.00. The van der Waals surface area contributed by atoms with Crippen LogP contribution in [0.4, 0.5) is 0 Å². The fraction of sp³-hybridized carbons (Fsp3) is 1.00. The van der Waals surface area contributed by atoms with Gasteiger partial charge in [-0.1, -0.05) is 0 Å². The summed E-state index contributed by atoms with van der Waals surface area (Å²) in [5, 5.41) is 0. The fourth-order valence-electron chi connectivity index (χ4n) is 0. The highest BCUT2D eigenvalue weighted by atomic mass is 35.5. The van der Waals surface area contributed by atoms with Crippen molar-refractivity contribution in [2.75, 3.05) is 11.8 Å². The van der Waals surface area contributed by atoms with Crippen LogP contribution in [0.25, 0.3) is 0 Å². The van der Waals surface area contributed by atoms with Crippen LogP contribution in [0.5, 0.6) is 0 Å². The zero-order valence-electron chi connectivity index (χ0n) is 2.17. The Labute approximate surface area is 58.0 Å². The van der Waals surface area contributed by atoms with Gasteiger partial charge in [0.05, 0.1) is 0 Å². The molecule has 0 spiro atoms. The van der Waals surface area contributed by atoms with E-state index in [-0.39, 0.29) is 23.1 Å². The van der Waals surface area contributed by atoms with Crippen molar-refractivity contribution >= 4 is 46.3 Å². The van der Waals surface area contributed by atoms with E-state index in [2.05, 4.69) is 0 Å². The Hall–Kier alpha value is 1.35. The van der Waals surface area contributed by atoms with Crippen molar-refractivity contribution in [2.24, 2.45) is 0 Å². The van der Waals surface area contributed by atoms with E-state index in [1.165, 1.54) is 0 Å². The summed E-state index contributed by atoms with van der Waals surface area (Å²) in [6.45, 7) is 0. The standard InChI is InChI=1S/C2H4Cl2.Mg.2H/c3-1-2-4;;;/h1-2H2;;;. The van der Waals surface area contributed by atoms with Gasteiger partial charge >= 0.3 is 23.1 Å². The summed E-state index contributed by atoms with van der Waals surface area (Å²) in [4.78, 5) is 0. The molecule has 0 bridgehead atoms. The van der Waals surface area contributed by atoms with Crippen molar-refractivity contribution in [2.45, 2.75) is 0 Å². The molecular formula is C2H6Cl2Mg. The van der Waals surface area contributed by atoms with Crippen LogP contribution in [0.2, 0.25) is 0 Å². The van der Waals surface area contributed by atoms with E-state index in [1.54, 1.807) is 0 Å². The Bertz CT molecular complexity index is 9.61. The van der Waals surface area contributed by atoms with E-state index in [0.717, 1.165) is 0 Å². The molecule has 0 aliphatic heterocycles. The predicted molar refractivity (Wildman–Crippen MR) is 30.0 cm³/mol. The lowest BCUT2D eigenvalue weighted by molar-refractivity contribution is 1.52. The largest absolute Gasteiger partial charge is 0.316 e. The summed E-state index contributed by atoms with van der Waals surface area (Å²) in [6, 6.07) is 0. The van der Waals surface area contributed by atoms with Gasteiger partial charge in [0.15, 0.2) is 0 Å². The fourth-order valence-corrected chi connectivity index (χ4v) is 0. The monoisotopic (exact) mass is 124 g/mol. The molecule has 0 nitrogen and oxygen atoms in total. The van der Waals surface area contributed by atoms with Gasteiger partial charge in [-0.05, 0) is 0 Å². The van der Waals surface area contributed by atoms with Crippen molar-refractivity contribution in [1.29, 1.82) is 0 Å². The van der Waals surface area contributed by atoms with Crippen molar-refractivity contribution in [3.8, 4) is 0 Å². The Balaban J connectivity index is 0. The minimum absolute atomic E-state index is 0. The Kier molecular flexibility index (Phi) is 17.3. The Morgan fingerprint density at radius 2 is 1.20 bits per heavy atom. The summed E-state index contributed by atoms with van der Waals surface area (Å²) in [7, 11) is 0. The van der Waals surface area contributed by atoms with Crippen LogP contribution in [-0.4, -0.2) is 34.8 Å². The molecule has 0 fully saturated rings. The van der Waals surface area contributed by atoms with E-state index < -0.39 is 0 Å². The third-order valence-corrected chi connectivity index (χ3v) is 0.643. The lowest BCUT2D eigenvalue weighted by Gasteiger charge is -1.63. The third-order valence-electron chi connectivity index (χ3n) is 0.0714. The molecular weight excluding hydrogens is 119 g/mol. The molecule has 5 heavy (non-hydrogen) atoms. The summed E-state index contributed by atoms with van der Waals surface area (Å²) in [5.41, 5.74) is 0. The molecule has 0 aromatic carbocycles. The number of halogens is 2. The minimum atomic E-state index is 0. The quantitative estimate of drug-likeness (QED) is 0.354. The Morgan fingerprint density at radius 1 is 1.00 bits per heavy atom. The first-order valence-corrected chi connectivity index (χ1v) is 2.10. The van der Waals surface area contributed by atoms with Crippen molar-refractivity contribution in [1.82, 2.24) is 0 Å². The molecule has 0 aliphatic carbocycles. The van der Waals surface area contributed by atoms with Gasteiger partial charge in [-0.25, -0.2) is 0 Å². The van der Waals surface area contributed by atoms with Gasteiger partial charge in [0.1, 0.15) is 0 Å². The molecule has 0 saturated carbocycles. The van der Waals surface area contributed by atoms with Crippen molar-refractivity contribution in [3.05, 3.63) is 0 Å². The van der Waals surface area contributed by atoms with E-state index in [0.29, 0.717) is 11.8 Å². The number of alkyl halides is 2. The first-order valence-electron chi connectivity index (χ1n) is 1.03. The van der Waals surface area contributed by atoms with E-state index >= 15 is 0 Å². The highest BCUT2D eigenvalue weighted by molar-refractivity contribution is 6.25. The van der Waals surface area contributed by atoms with Gasteiger partial charge in [0.2, 0.25) is 0 Å². The molecule has 0 atom stereocenters. The van der Waals surface area contributed by atoms with Gasteiger partial charge < -0.3 is 0 Å². The Morgan fingerprint density at radius 3 is 1.20 bits per heavy atom. The van der Waals surface area contributed by atoms with Crippen LogP contribution in [0.15, 0.2) is 0 Å². The second kappa shape index (κ2) is 9.02. The van der Waals surface area contributed by atoms with E-state index in [1.807, 2.05) is 0 Å². The zero-order chi connectivity index (χ0) is 3.41. The molecule has 0 aromatic rings. The molecule has 0 aromatic heterocycles. The van der Waals surface area contributed by atoms with Crippen LogP contribution < -0.4 is 0 Å². The zero-order valence-corrected chi connectivity index (χ0v) is 3.68. The smallest absolute Gasteiger partial charge is 0.125 e. The van der Waals surface area contributed by atoms with Crippen LogP contribution in [-0.2, 0) is 0 Å². The molecule has 0 heterocycles. The van der Waals surface area contributed by atoms with E-state index in [4.69, 9.17) is 23.2 Å². The van der Waals surface area contributed by atoms with Gasteiger partial charge in [-0.15, -0.1) is 23.2 Å². The molecule has 0 radical (unpaired) electrons. The molecule has 3 heteroatoms. The second-order valence-corrected chi connectivity index (χ2v) is 1.13. The molecule has 30 valence electrons. The predicted octanol–water partition coefficient (Wildman–Crippen LogP) is 0.548. The number of hydrogen-bond donors (Lipinski definition) is 0. The highest BCUT2D eigenvalue weighted by Gasteiger charge is 1.61.